The number of carbonyl (C=O) groups excluding carboxylic acids is 6. The SMILES string of the molecule is CCC[C@H](NC(=O)[C@@H]1[C@H]2CCC[C@H]2CN1C(=O)[C@@H](NC(=O)[C@@H](NC(=O)c1nccn1C)C1CCCCC1)C(C)(C)C)C(=O)C(=O)NC1CC1. The van der Waals surface area contributed by atoms with Crippen molar-refractivity contribution in [1.29, 1.82) is 0 Å². The van der Waals surface area contributed by atoms with Crippen molar-refractivity contribution in [2.45, 2.75) is 135 Å². The molecule has 13 heteroatoms. The molecule has 1 aliphatic heterocycles. The summed E-state index contributed by atoms with van der Waals surface area (Å²) in [6, 6.07) is -3.63. The van der Waals surface area contributed by atoms with E-state index >= 15 is 0 Å². The summed E-state index contributed by atoms with van der Waals surface area (Å²) in [6.45, 7) is 7.88. The summed E-state index contributed by atoms with van der Waals surface area (Å²) in [5.74, 6) is -2.89. The molecule has 4 N–H and O–H groups in total. The molecule has 3 aliphatic carbocycles. The van der Waals surface area contributed by atoms with Gasteiger partial charge in [-0.15, -0.1) is 0 Å². The van der Waals surface area contributed by atoms with Gasteiger partial charge in [0.05, 0.1) is 6.04 Å². The number of likely N-dealkylation sites (tertiary alicyclic amines) is 1. The summed E-state index contributed by atoms with van der Waals surface area (Å²) >= 11 is 0. The number of nitrogens with zero attached hydrogens (tertiary/aromatic N) is 3. The van der Waals surface area contributed by atoms with Crippen molar-refractivity contribution < 1.29 is 28.8 Å². The standard InChI is InChI=1S/C36H55N7O6/c1-6-11-25(28(44)33(47)38-23-16-17-23)39-32(46)27-24-15-10-14-22(24)20-43(27)35(49)29(36(2,3)4)41-31(45)26(21-12-8-7-9-13-21)40-34(48)30-37-18-19-42(30)5/h18-19,21-27,29H,6-17,20H2,1-5H3,(H,38,47)(H,39,46)(H,40,48)(H,41,45)/t22-,24-,25-,26-,27-,29+/m0/s1. The Labute approximate surface area is 289 Å². The minimum Gasteiger partial charge on any atom is -0.347 e. The Kier molecular flexibility index (Phi) is 11.5. The number of nitrogens with one attached hydrogen (secondary N) is 4. The van der Waals surface area contributed by atoms with Gasteiger partial charge in [0.15, 0.2) is 5.82 Å². The monoisotopic (exact) mass is 681 g/mol. The molecule has 1 saturated heterocycles. The van der Waals surface area contributed by atoms with Crippen molar-refractivity contribution in [2.24, 2.45) is 30.2 Å². The van der Waals surface area contributed by atoms with Gasteiger partial charge in [0.1, 0.15) is 18.1 Å². The third-order valence-electron chi connectivity index (χ3n) is 10.9. The van der Waals surface area contributed by atoms with Gasteiger partial charge in [-0.2, -0.15) is 0 Å². The molecule has 4 fully saturated rings. The van der Waals surface area contributed by atoms with Crippen LogP contribution >= 0.6 is 0 Å². The molecule has 2 heterocycles. The molecule has 1 aromatic rings. The summed E-state index contributed by atoms with van der Waals surface area (Å²) in [5.41, 5.74) is -0.728. The first-order valence-electron chi connectivity index (χ1n) is 18.3. The van der Waals surface area contributed by atoms with E-state index in [2.05, 4.69) is 26.3 Å². The summed E-state index contributed by atoms with van der Waals surface area (Å²) < 4.78 is 1.60. The molecule has 1 aromatic heterocycles. The van der Waals surface area contributed by atoms with Crippen molar-refractivity contribution in [2.75, 3.05) is 6.54 Å². The first-order chi connectivity index (χ1) is 23.3. The van der Waals surface area contributed by atoms with E-state index in [0.29, 0.717) is 19.4 Å². The lowest BCUT2D eigenvalue weighted by Crippen LogP contribution is -2.62. The molecule has 13 nitrogen and oxygen atoms in total. The van der Waals surface area contributed by atoms with E-state index in [1.54, 1.807) is 22.7 Å². The van der Waals surface area contributed by atoms with E-state index in [9.17, 15) is 28.8 Å². The fourth-order valence-corrected chi connectivity index (χ4v) is 8.03. The van der Waals surface area contributed by atoms with Gasteiger partial charge in [-0.3, -0.25) is 28.8 Å². The van der Waals surface area contributed by atoms with Crippen LogP contribution in [0.4, 0.5) is 0 Å². The zero-order chi connectivity index (χ0) is 35.5. The number of aromatic nitrogens is 2. The number of fused-ring (bicyclic) bond motifs is 1. The Morgan fingerprint density at radius 2 is 1.63 bits per heavy atom. The Balaban J connectivity index is 1.36. The number of amides is 5. The molecule has 49 heavy (non-hydrogen) atoms. The third-order valence-corrected chi connectivity index (χ3v) is 10.9. The van der Waals surface area contributed by atoms with E-state index in [1.165, 1.54) is 6.20 Å². The number of imidazole rings is 1. The lowest BCUT2D eigenvalue weighted by molar-refractivity contribution is -0.146. The topological polar surface area (TPSA) is 172 Å². The zero-order valence-corrected chi connectivity index (χ0v) is 29.8. The number of hydrogen-bond donors (Lipinski definition) is 4. The number of carbonyl (C=O) groups is 6. The van der Waals surface area contributed by atoms with Crippen molar-refractivity contribution in [1.82, 2.24) is 35.7 Å². The molecule has 0 aromatic carbocycles. The predicted molar refractivity (Wildman–Crippen MR) is 182 cm³/mol. The number of rotatable bonds is 13. The van der Waals surface area contributed by atoms with Crippen molar-refractivity contribution in [3.05, 3.63) is 18.2 Å². The van der Waals surface area contributed by atoms with Gasteiger partial charge in [-0.1, -0.05) is 59.8 Å². The van der Waals surface area contributed by atoms with Gasteiger partial charge >= 0.3 is 0 Å². The minimum atomic E-state index is -0.984. The number of ketones is 1. The lowest BCUT2D eigenvalue weighted by Gasteiger charge is -2.38. The second kappa shape index (κ2) is 15.4. The Bertz CT molecular complexity index is 1410. The molecule has 5 amide bonds. The highest BCUT2D eigenvalue weighted by Gasteiger charge is 2.52. The normalized spacial score (nSPS) is 24.3. The van der Waals surface area contributed by atoms with Crippen LogP contribution in [-0.4, -0.2) is 86.5 Å². The zero-order valence-electron chi connectivity index (χ0n) is 29.8. The van der Waals surface area contributed by atoms with Crippen LogP contribution in [-0.2, 0) is 31.0 Å². The lowest BCUT2D eigenvalue weighted by atomic mass is 9.82. The first kappa shape index (κ1) is 36.5. The minimum absolute atomic E-state index is 0.0157. The average molecular weight is 682 g/mol. The highest BCUT2D eigenvalue weighted by molar-refractivity contribution is 6.38. The van der Waals surface area contributed by atoms with Crippen LogP contribution in [0, 0.1) is 23.2 Å². The molecule has 0 radical (unpaired) electrons. The predicted octanol–water partition coefficient (Wildman–Crippen LogP) is 2.39. The van der Waals surface area contributed by atoms with Gasteiger partial charge in [0.25, 0.3) is 11.8 Å². The number of Topliss-reactive ketones (excluding diaryl/α,β-unsaturated/α-hetero) is 1. The van der Waals surface area contributed by atoms with Crippen molar-refractivity contribution in [3.63, 3.8) is 0 Å². The van der Waals surface area contributed by atoms with Gasteiger partial charge in [0.2, 0.25) is 23.5 Å². The average Bonchev–Trinajstić information content (AvgIpc) is 3.40. The molecule has 6 atom stereocenters. The second-order valence-corrected chi connectivity index (χ2v) is 15.8. The van der Waals surface area contributed by atoms with E-state index in [1.807, 2.05) is 27.7 Å². The molecular weight excluding hydrogens is 626 g/mol. The fourth-order valence-electron chi connectivity index (χ4n) is 8.03. The maximum absolute atomic E-state index is 14.6. The van der Waals surface area contributed by atoms with Crippen molar-refractivity contribution >= 4 is 35.3 Å². The highest BCUT2D eigenvalue weighted by atomic mass is 16.2. The third kappa shape index (κ3) is 8.52. The van der Waals surface area contributed by atoms with E-state index < -0.39 is 59.0 Å². The van der Waals surface area contributed by atoms with Gasteiger partial charge in [-0.05, 0) is 68.1 Å². The maximum atomic E-state index is 14.6. The van der Waals surface area contributed by atoms with E-state index in [-0.39, 0.29) is 35.5 Å². The van der Waals surface area contributed by atoms with Crippen molar-refractivity contribution in [3.8, 4) is 0 Å². The molecule has 0 unspecified atom stereocenters. The number of aryl methyl sites for hydroxylation is 1. The molecule has 0 spiro atoms. The Morgan fingerprint density at radius 3 is 2.24 bits per heavy atom. The molecule has 4 aliphatic rings. The first-order valence-corrected chi connectivity index (χ1v) is 18.3. The largest absolute Gasteiger partial charge is 0.347 e. The maximum Gasteiger partial charge on any atom is 0.289 e. The van der Waals surface area contributed by atoms with Gasteiger partial charge in [0, 0.05) is 32.0 Å². The fraction of sp³-hybridized carbons (Fsp3) is 0.750. The highest BCUT2D eigenvalue weighted by Crippen LogP contribution is 2.43. The van der Waals surface area contributed by atoms with Crippen LogP contribution in [0.1, 0.15) is 115 Å². The quantitative estimate of drug-likeness (QED) is 0.232. The summed E-state index contributed by atoms with van der Waals surface area (Å²) in [4.78, 5) is 87.7. The number of hydrogen-bond acceptors (Lipinski definition) is 7. The molecule has 3 saturated carbocycles. The van der Waals surface area contributed by atoms with Gasteiger partial charge < -0.3 is 30.7 Å². The summed E-state index contributed by atoms with van der Waals surface area (Å²) in [5, 5.41) is 11.6. The van der Waals surface area contributed by atoms with E-state index in [0.717, 1.165) is 64.2 Å². The van der Waals surface area contributed by atoms with Crippen LogP contribution in [0.2, 0.25) is 0 Å². The van der Waals surface area contributed by atoms with Crippen LogP contribution in [0.25, 0.3) is 0 Å². The van der Waals surface area contributed by atoms with Crippen LogP contribution in [0.15, 0.2) is 12.4 Å². The van der Waals surface area contributed by atoms with Crippen LogP contribution in [0.3, 0.4) is 0 Å². The molecule has 270 valence electrons. The Morgan fingerprint density at radius 1 is 0.918 bits per heavy atom. The molecule has 0 bridgehead atoms. The second-order valence-electron chi connectivity index (χ2n) is 15.8. The van der Waals surface area contributed by atoms with E-state index in [4.69, 9.17) is 0 Å². The molecular formula is C36H55N7O6. The Hall–Kier alpha value is -3.77. The molecule has 5 rings (SSSR count). The van der Waals surface area contributed by atoms with Crippen LogP contribution < -0.4 is 21.3 Å². The van der Waals surface area contributed by atoms with Gasteiger partial charge in [-0.25, -0.2) is 4.98 Å². The van der Waals surface area contributed by atoms with Crippen LogP contribution in [0.5, 0.6) is 0 Å². The summed E-state index contributed by atoms with van der Waals surface area (Å²) in [6.07, 6.45) is 12.9. The summed E-state index contributed by atoms with van der Waals surface area (Å²) in [7, 11) is 1.72. The smallest absolute Gasteiger partial charge is 0.289 e.